The Labute approximate surface area is 160 Å². The van der Waals surface area contributed by atoms with Crippen LogP contribution in [0.15, 0.2) is 30.3 Å². The molecule has 5 heteroatoms. The first-order valence-corrected chi connectivity index (χ1v) is 9.67. The fraction of sp³-hybridized carbons (Fsp3) is 0.409. The molecule has 1 fully saturated rings. The quantitative estimate of drug-likeness (QED) is 0.686. The Hall–Kier alpha value is -2.69. The zero-order valence-corrected chi connectivity index (χ0v) is 16.5. The molecule has 0 aliphatic heterocycles. The average Bonchev–Trinajstić information content (AvgIpc) is 3.47. The Morgan fingerprint density at radius 3 is 2.67 bits per heavy atom. The lowest BCUT2D eigenvalue weighted by atomic mass is 10.0. The highest BCUT2D eigenvalue weighted by Gasteiger charge is 2.29. The summed E-state index contributed by atoms with van der Waals surface area (Å²) >= 11 is 0. The van der Waals surface area contributed by atoms with Crippen LogP contribution >= 0.6 is 0 Å². The van der Waals surface area contributed by atoms with Crippen molar-refractivity contribution in [3.63, 3.8) is 0 Å². The highest BCUT2D eigenvalue weighted by Crippen LogP contribution is 2.40. The fourth-order valence-electron chi connectivity index (χ4n) is 3.71. The number of fused-ring (bicyclic) bond motifs is 1. The van der Waals surface area contributed by atoms with E-state index >= 15 is 0 Å². The van der Waals surface area contributed by atoms with E-state index < -0.39 is 0 Å². The van der Waals surface area contributed by atoms with Crippen LogP contribution in [0.1, 0.15) is 58.6 Å². The monoisotopic (exact) mass is 362 g/mol. The van der Waals surface area contributed by atoms with E-state index in [4.69, 9.17) is 4.98 Å². The summed E-state index contributed by atoms with van der Waals surface area (Å²) < 4.78 is 1.80. The summed E-state index contributed by atoms with van der Waals surface area (Å²) in [4.78, 5) is 20.3. The number of nitrogens with zero attached hydrogens (tertiary/aromatic N) is 4. The topological polar surface area (TPSA) is 51.0 Å². The van der Waals surface area contributed by atoms with Gasteiger partial charge in [-0.1, -0.05) is 24.3 Å². The van der Waals surface area contributed by atoms with Crippen LogP contribution in [-0.4, -0.2) is 32.1 Å². The predicted octanol–water partition coefficient (Wildman–Crippen LogP) is 4.12. The molecule has 1 aliphatic carbocycles. The van der Waals surface area contributed by atoms with Crippen molar-refractivity contribution in [2.45, 2.75) is 46.1 Å². The van der Waals surface area contributed by atoms with Gasteiger partial charge in [-0.15, -0.1) is 0 Å². The van der Waals surface area contributed by atoms with E-state index in [9.17, 15) is 4.79 Å². The Balaban J connectivity index is 1.77. The van der Waals surface area contributed by atoms with Crippen LogP contribution in [0.4, 0.5) is 0 Å². The Kier molecular flexibility index (Phi) is 4.46. The largest absolute Gasteiger partial charge is 0.335 e. The van der Waals surface area contributed by atoms with E-state index in [1.807, 2.05) is 44.0 Å². The van der Waals surface area contributed by atoms with E-state index in [1.54, 1.807) is 4.68 Å². The van der Waals surface area contributed by atoms with E-state index in [0.717, 1.165) is 40.8 Å². The number of hydrogen-bond donors (Lipinski definition) is 0. The van der Waals surface area contributed by atoms with Gasteiger partial charge in [0.2, 0.25) is 0 Å². The first kappa shape index (κ1) is 17.7. The summed E-state index contributed by atoms with van der Waals surface area (Å²) in [7, 11) is 1.90. The molecule has 0 unspecified atom stereocenters. The van der Waals surface area contributed by atoms with Gasteiger partial charge in [0, 0.05) is 31.7 Å². The SMILES string of the molecule is CCN(Cc1ccccc1C)C(=O)c1cc(C2CC2)nc2c1c(C)nn2C. The maximum atomic E-state index is 13.5. The molecule has 3 aromatic rings. The van der Waals surface area contributed by atoms with E-state index in [2.05, 4.69) is 24.2 Å². The molecule has 0 radical (unpaired) electrons. The molecular weight excluding hydrogens is 336 g/mol. The minimum absolute atomic E-state index is 0.0613. The van der Waals surface area contributed by atoms with Gasteiger partial charge in [-0.2, -0.15) is 5.10 Å². The first-order chi connectivity index (χ1) is 13.0. The Morgan fingerprint density at radius 1 is 1.26 bits per heavy atom. The number of rotatable bonds is 5. The van der Waals surface area contributed by atoms with Gasteiger partial charge in [0.15, 0.2) is 5.65 Å². The minimum atomic E-state index is 0.0613. The smallest absolute Gasteiger partial charge is 0.255 e. The Bertz CT molecular complexity index is 1020. The standard InChI is InChI=1S/C22H26N4O/c1-5-26(13-17-9-7-6-8-14(17)2)22(27)18-12-19(16-10-11-16)23-21-20(18)15(3)24-25(21)4/h6-9,12,16H,5,10-11,13H2,1-4H3. The molecule has 1 amide bonds. The minimum Gasteiger partial charge on any atom is -0.335 e. The van der Waals surface area contributed by atoms with Crippen molar-refractivity contribution in [2.75, 3.05) is 6.54 Å². The lowest BCUT2D eigenvalue weighted by Crippen LogP contribution is -2.31. The van der Waals surface area contributed by atoms with Crippen molar-refractivity contribution in [3.8, 4) is 0 Å². The van der Waals surface area contributed by atoms with Gasteiger partial charge in [-0.3, -0.25) is 9.48 Å². The number of amides is 1. The van der Waals surface area contributed by atoms with Gasteiger partial charge in [0.1, 0.15) is 0 Å². The fourth-order valence-corrected chi connectivity index (χ4v) is 3.71. The zero-order chi connectivity index (χ0) is 19.1. The van der Waals surface area contributed by atoms with Crippen LogP contribution in [0.2, 0.25) is 0 Å². The summed E-state index contributed by atoms with van der Waals surface area (Å²) in [5.74, 6) is 0.550. The molecule has 0 saturated heterocycles. The molecule has 1 aromatic carbocycles. The average molecular weight is 362 g/mol. The van der Waals surface area contributed by atoms with Crippen molar-refractivity contribution in [1.29, 1.82) is 0 Å². The number of carbonyl (C=O) groups excluding carboxylic acids is 1. The van der Waals surface area contributed by atoms with Crippen LogP contribution in [0, 0.1) is 13.8 Å². The third-order valence-electron chi connectivity index (χ3n) is 5.51. The van der Waals surface area contributed by atoms with Crippen LogP contribution in [0.5, 0.6) is 0 Å². The third kappa shape index (κ3) is 3.22. The molecule has 140 valence electrons. The van der Waals surface area contributed by atoms with Gasteiger partial charge in [-0.25, -0.2) is 4.98 Å². The predicted molar refractivity (Wildman–Crippen MR) is 107 cm³/mol. The number of aryl methyl sites for hydroxylation is 3. The zero-order valence-electron chi connectivity index (χ0n) is 16.5. The molecule has 1 aliphatic rings. The molecule has 0 atom stereocenters. The number of pyridine rings is 1. The maximum Gasteiger partial charge on any atom is 0.255 e. The molecule has 0 bridgehead atoms. The van der Waals surface area contributed by atoms with Crippen molar-refractivity contribution in [2.24, 2.45) is 7.05 Å². The summed E-state index contributed by atoms with van der Waals surface area (Å²) in [6.07, 6.45) is 2.31. The second kappa shape index (κ2) is 6.80. The Morgan fingerprint density at radius 2 is 2.00 bits per heavy atom. The molecule has 1 saturated carbocycles. The normalized spacial score (nSPS) is 13.9. The van der Waals surface area contributed by atoms with Crippen molar-refractivity contribution in [3.05, 3.63) is 58.4 Å². The van der Waals surface area contributed by atoms with Gasteiger partial charge in [-0.05, 0) is 50.8 Å². The highest BCUT2D eigenvalue weighted by atomic mass is 16.2. The van der Waals surface area contributed by atoms with Gasteiger partial charge in [0.05, 0.1) is 16.6 Å². The molecular formula is C22H26N4O. The van der Waals surface area contributed by atoms with Crippen LogP contribution in [0.3, 0.4) is 0 Å². The number of hydrogen-bond acceptors (Lipinski definition) is 3. The molecule has 5 nitrogen and oxygen atoms in total. The second-order valence-electron chi connectivity index (χ2n) is 7.52. The van der Waals surface area contributed by atoms with Crippen molar-refractivity contribution >= 4 is 16.9 Å². The second-order valence-corrected chi connectivity index (χ2v) is 7.52. The molecule has 2 aromatic heterocycles. The number of benzene rings is 1. The van der Waals surface area contributed by atoms with Gasteiger partial charge in [0.25, 0.3) is 5.91 Å². The van der Waals surface area contributed by atoms with Crippen LogP contribution in [0.25, 0.3) is 11.0 Å². The third-order valence-corrected chi connectivity index (χ3v) is 5.51. The number of carbonyl (C=O) groups is 1. The number of aromatic nitrogens is 3. The summed E-state index contributed by atoms with van der Waals surface area (Å²) in [5, 5.41) is 5.41. The van der Waals surface area contributed by atoms with Gasteiger partial charge >= 0.3 is 0 Å². The molecule has 27 heavy (non-hydrogen) atoms. The van der Waals surface area contributed by atoms with Crippen LogP contribution < -0.4 is 0 Å². The molecule has 4 rings (SSSR count). The summed E-state index contributed by atoms with van der Waals surface area (Å²) in [6.45, 7) is 7.36. The lowest BCUT2D eigenvalue weighted by molar-refractivity contribution is 0.0754. The molecule has 0 N–H and O–H groups in total. The van der Waals surface area contributed by atoms with Crippen molar-refractivity contribution < 1.29 is 4.79 Å². The van der Waals surface area contributed by atoms with E-state index in [1.165, 1.54) is 11.1 Å². The maximum absolute atomic E-state index is 13.5. The summed E-state index contributed by atoms with van der Waals surface area (Å²) in [6, 6.07) is 10.3. The van der Waals surface area contributed by atoms with Crippen molar-refractivity contribution in [1.82, 2.24) is 19.7 Å². The van der Waals surface area contributed by atoms with Crippen LogP contribution in [-0.2, 0) is 13.6 Å². The van der Waals surface area contributed by atoms with Gasteiger partial charge < -0.3 is 4.90 Å². The lowest BCUT2D eigenvalue weighted by Gasteiger charge is -2.23. The van der Waals surface area contributed by atoms with E-state index in [-0.39, 0.29) is 5.91 Å². The molecule has 2 heterocycles. The summed E-state index contributed by atoms with van der Waals surface area (Å²) in [5.41, 5.74) is 5.83. The van der Waals surface area contributed by atoms with E-state index in [0.29, 0.717) is 19.0 Å². The first-order valence-electron chi connectivity index (χ1n) is 9.67. The highest BCUT2D eigenvalue weighted by molar-refractivity contribution is 6.06. The molecule has 0 spiro atoms.